The summed E-state index contributed by atoms with van der Waals surface area (Å²) in [5.74, 6) is 0. The van der Waals surface area contributed by atoms with Gasteiger partial charge in [0.2, 0.25) is 0 Å². The van der Waals surface area contributed by atoms with Gasteiger partial charge in [-0.3, -0.25) is 0 Å². The van der Waals surface area contributed by atoms with E-state index in [4.69, 9.17) is 0 Å². The van der Waals surface area contributed by atoms with Crippen molar-refractivity contribution in [1.82, 2.24) is 0 Å². The van der Waals surface area contributed by atoms with E-state index in [2.05, 4.69) is 0 Å². The molecule has 0 aromatic carbocycles. The van der Waals surface area contributed by atoms with Crippen molar-refractivity contribution in [2.45, 2.75) is 7.43 Å². The topological polar surface area (TPSA) is 85.5 Å². The van der Waals surface area contributed by atoms with Crippen LogP contribution in [0.1, 0.15) is 7.43 Å². The summed E-state index contributed by atoms with van der Waals surface area (Å²) < 4.78 is 0. The van der Waals surface area contributed by atoms with Crippen LogP contribution in [-0.4, -0.2) is 0 Å². The van der Waals surface area contributed by atoms with Crippen LogP contribution >= 0.6 is 0 Å². The third-order valence-electron chi connectivity index (χ3n) is 0. The predicted molar refractivity (Wildman–Crippen MR) is 8.79 cm³/mol. The molecule has 0 rings (SSSR count). The van der Waals surface area contributed by atoms with Gasteiger partial charge in [-0.25, -0.2) is 0 Å². The van der Waals surface area contributed by atoms with Gasteiger partial charge in [-0.05, 0) is 0 Å². The molecule has 7 heavy (non-hydrogen) atoms. The van der Waals surface area contributed by atoms with Crippen molar-refractivity contribution in [1.29, 1.82) is 0 Å². The van der Waals surface area contributed by atoms with Crippen molar-refractivity contribution >= 4 is 0 Å². The average Bonchev–Trinajstić information content (AvgIpc) is 0. The third kappa shape index (κ3) is 110. The van der Waals surface area contributed by atoms with Gasteiger partial charge in [0.15, 0.2) is 0 Å². The van der Waals surface area contributed by atoms with E-state index in [9.17, 15) is 0 Å². The quantitative estimate of drug-likeness (QED) is 0.541. The maximum atomic E-state index is 0. The van der Waals surface area contributed by atoms with E-state index < -0.39 is 0 Å². The SMILES string of the molecule is C.[Co+2].[Mn+2].[Ni+2].[O-2].[O-2].[O-2]. The summed E-state index contributed by atoms with van der Waals surface area (Å²) in [6, 6.07) is 0. The van der Waals surface area contributed by atoms with Crippen LogP contribution in [0.2, 0.25) is 0 Å². The van der Waals surface area contributed by atoms with Gasteiger partial charge in [0, 0.05) is 0 Å². The molecular formula is CH4CoMnNiO3. The van der Waals surface area contributed by atoms with Crippen LogP contribution in [0, 0.1) is 0 Å². The Labute approximate surface area is 74.1 Å². The molecule has 52 valence electrons. The largest absolute Gasteiger partial charge is 2.00 e. The second-order valence-electron chi connectivity index (χ2n) is 0. The van der Waals surface area contributed by atoms with Crippen LogP contribution in [-0.2, 0) is 66.8 Å². The first-order chi connectivity index (χ1) is 0. The Morgan fingerprint density at radius 1 is 0.714 bits per heavy atom. The molecule has 0 unspecified atom stereocenters. The smallest absolute Gasteiger partial charge is 2.00 e. The van der Waals surface area contributed by atoms with E-state index in [1.54, 1.807) is 0 Å². The molecule has 0 N–H and O–H groups in total. The Morgan fingerprint density at radius 2 is 0.714 bits per heavy atom. The molecular weight excluding hydrogens is 233 g/mol. The van der Waals surface area contributed by atoms with Crippen molar-refractivity contribution in [3.8, 4) is 0 Å². The van der Waals surface area contributed by atoms with E-state index in [0.29, 0.717) is 0 Å². The first-order valence-corrected chi connectivity index (χ1v) is 0. The summed E-state index contributed by atoms with van der Waals surface area (Å²) in [7, 11) is 0. The molecule has 0 atom stereocenters. The molecule has 0 aromatic heterocycles. The van der Waals surface area contributed by atoms with Gasteiger partial charge in [-0.15, -0.1) is 0 Å². The van der Waals surface area contributed by atoms with Crippen LogP contribution in [0.15, 0.2) is 0 Å². The van der Waals surface area contributed by atoms with Gasteiger partial charge < -0.3 is 16.4 Å². The van der Waals surface area contributed by atoms with Crippen molar-refractivity contribution in [3.63, 3.8) is 0 Å². The zero-order valence-corrected chi connectivity index (χ0v) is 5.46. The maximum absolute atomic E-state index is 0. The molecule has 6 heteroatoms. The Balaban J connectivity index is 0. The molecule has 0 fully saturated rings. The Hall–Kier alpha value is 1.40. The van der Waals surface area contributed by atoms with E-state index in [-0.39, 0.29) is 74.2 Å². The average molecular weight is 237 g/mol. The van der Waals surface area contributed by atoms with Gasteiger partial charge in [-0.1, -0.05) is 7.43 Å². The van der Waals surface area contributed by atoms with Crippen molar-refractivity contribution in [2.24, 2.45) is 0 Å². The minimum Gasteiger partial charge on any atom is -2.00 e. The van der Waals surface area contributed by atoms with Gasteiger partial charge in [0.05, 0.1) is 0 Å². The van der Waals surface area contributed by atoms with Crippen LogP contribution in [0.4, 0.5) is 0 Å². The Bertz CT molecular complexity index is 14.9. The van der Waals surface area contributed by atoms with E-state index in [0.717, 1.165) is 0 Å². The minimum atomic E-state index is 0. The molecule has 0 saturated heterocycles. The summed E-state index contributed by atoms with van der Waals surface area (Å²) in [5, 5.41) is 0. The van der Waals surface area contributed by atoms with Crippen molar-refractivity contribution < 1.29 is 66.8 Å². The molecule has 0 aliphatic carbocycles. The molecule has 0 bridgehead atoms. The maximum Gasteiger partial charge on any atom is 2.00 e. The summed E-state index contributed by atoms with van der Waals surface area (Å²) in [6.45, 7) is 0. The van der Waals surface area contributed by atoms with Crippen LogP contribution < -0.4 is 0 Å². The standard InChI is InChI=1S/CH4.Co.Mn.Ni.3O/h1H4;;;;;;/q;3*+2;3*-2. The summed E-state index contributed by atoms with van der Waals surface area (Å²) in [4.78, 5) is 0. The molecule has 0 aliphatic heterocycles. The zero-order valence-electron chi connectivity index (χ0n) is 2.25. The van der Waals surface area contributed by atoms with Gasteiger partial charge in [-0.2, -0.15) is 0 Å². The second kappa shape index (κ2) is 155. The van der Waals surface area contributed by atoms with E-state index >= 15 is 0 Å². The minimum absolute atomic E-state index is 0. The van der Waals surface area contributed by atoms with E-state index in [1.165, 1.54) is 0 Å². The first kappa shape index (κ1) is 235. The molecule has 2 radical (unpaired) electrons. The Kier molecular flexibility index (Phi) is 5190. The molecule has 0 spiro atoms. The molecule has 0 heterocycles. The van der Waals surface area contributed by atoms with Crippen LogP contribution in [0.25, 0.3) is 0 Å². The summed E-state index contributed by atoms with van der Waals surface area (Å²) in [6.07, 6.45) is 0. The van der Waals surface area contributed by atoms with E-state index in [1.807, 2.05) is 0 Å². The van der Waals surface area contributed by atoms with Crippen LogP contribution in [0.5, 0.6) is 0 Å². The number of hydrogen-bond donors (Lipinski definition) is 0. The number of hydrogen-bond acceptors (Lipinski definition) is 0. The van der Waals surface area contributed by atoms with Gasteiger partial charge in [0.25, 0.3) is 0 Å². The molecule has 0 aliphatic rings. The molecule has 0 amide bonds. The number of rotatable bonds is 0. The van der Waals surface area contributed by atoms with Gasteiger partial charge >= 0.3 is 50.3 Å². The molecule has 0 aromatic rings. The summed E-state index contributed by atoms with van der Waals surface area (Å²) >= 11 is 0. The van der Waals surface area contributed by atoms with Crippen molar-refractivity contribution in [3.05, 3.63) is 0 Å². The molecule has 3 nitrogen and oxygen atoms in total. The third-order valence-corrected chi connectivity index (χ3v) is 0. The summed E-state index contributed by atoms with van der Waals surface area (Å²) in [5.41, 5.74) is 0. The van der Waals surface area contributed by atoms with Crippen molar-refractivity contribution in [2.75, 3.05) is 0 Å². The normalized spacial score (nSPS) is 0. The molecule has 0 saturated carbocycles. The van der Waals surface area contributed by atoms with Crippen LogP contribution in [0.3, 0.4) is 0 Å². The fraction of sp³-hybridized carbons (Fsp3) is 1.00. The first-order valence-electron chi connectivity index (χ1n) is 0. The second-order valence-corrected chi connectivity index (χ2v) is 0. The predicted octanol–water partition coefficient (Wildman–Crippen LogP) is 0.272. The van der Waals surface area contributed by atoms with Gasteiger partial charge in [0.1, 0.15) is 0 Å². The fourth-order valence-electron chi connectivity index (χ4n) is 0. The fourth-order valence-corrected chi connectivity index (χ4v) is 0. The monoisotopic (exact) mass is 236 g/mol. The zero-order chi connectivity index (χ0) is 0. The Morgan fingerprint density at radius 3 is 0.714 bits per heavy atom.